The van der Waals surface area contributed by atoms with Gasteiger partial charge in [-0.05, 0) is 18.4 Å². The molecule has 0 spiro atoms. The molecule has 0 saturated carbocycles. The molecule has 12 heavy (non-hydrogen) atoms. The monoisotopic (exact) mass is 168 g/mol. The summed E-state index contributed by atoms with van der Waals surface area (Å²) >= 11 is 0. The molecule has 1 heteroatoms. The highest BCUT2D eigenvalue weighted by molar-refractivity contribution is 4.99. The number of allylic oxidation sites excluding steroid dienone is 1. The van der Waals surface area contributed by atoms with E-state index in [9.17, 15) is 0 Å². The van der Waals surface area contributed by atoms with Gasteiger partial charge in [0.25, 0.3) is 0 Å². The van der Waals surface area contributed by atoms with Gasteiger partial charge in [0.2, 0.25) is 0 Å². The Morgan fingerprint density at radius 1 is 1.42 bits per heavy atom. The Bertz CT molecular complexity index is 127. The van der Waals surface area contributed by atoms with Crippen LogP contribution in [-0.2, 0) is 4.74 Å². The Hall–Kier alpha value is -0.560. The lowest BCUT2D eigenvalue weighted by Gasteiger charge is -2.04. The predicted molar refractivity (Wildman–Crippen MR) is 54.3 cm³/mol. The molecule has 0 N–H and O–H groups in total. The molecule has 0 saturated heterocycles. The molecule has 0 bridgehead atoms. The second kappa shape index (κ2) is 8.54. The van der Waals surface area contributed by atoms with Crippen LogP contribution in [0.1, 0.15) is 32.6 Å². The van der Waals surface area contributed by atoms with Gasteiger partial charge in [-0.3, -0.25) is 0 Å². The maximum atomic E-state index is 5.40. The lowest BCUT2D eigenvalue weighted by molar-refractivity contribution is 0.151. The van der Waals surface area contributed by atoms with Gasteiger partial charge in [-0.15, -0.1) is 6.58 Å². The topological polar surface area (TPSA) is 9.23 Å². The maximum absolute atomic E-state index is 5.40. The zero-order valence-corrected chi connectivity index (χ0v) is 8.14. The first-order valence-corrected chi connectivity index (χ1v) is 4.66. The van der Waals surface area contributed by atoms with Gasteiger partial charge in [-0.2, -0.15) is 0 Å². The fraction of sp³-hybridized carbons (Fsp3) is 0.636. The van der Waals surface area contributed by atoms with Crippen LogP contribution in [0, 0.1) is 0 Å². The van der Waals surface area contributed by atoms with Crippen molar-refractivity contribution in [3.05, 3.63) is 24.8 Å². The highest BCUT2D eigenvalue weighted by Crippen LogP contribution is 2.00. The quantitative estimate of drug-likeness (QED) is 0.399. The SMILES string of the molecule is C=CCC(=C)COCCCCC. The van der Waals surface area contributed by atoms with Gasteiger partial charge in [0.1, 0.15) is 0 Å². The van der Waals surface area contributed by atoms with Crippen LogP contribution in [0.4, 0.5) is 0 Å². The van der Waals surface area contributed by atoms with Gasteiger partial charge in [-0.1, -0.05) is 32.4 Å². The van der Waals surface area contributed by atoms with Crippen LogP contribution in [0.15, 0.2) is 24.8 Å². The largest absolute Gasteiger partial charge is 0.377 e. The molecular weight excluding hydrogens is 148 g/mol. The van der Waals surface area contributed by atoms with E-state index in [1.54, 1.807) is 0 Å². The first kappa shape index (κ1) is 11.4. The van der Waals surface area contributed by atoms with Crippen molar-refractivity contribution in [3.8, 4) is 0 Å². The molecule has 0 rings (SSSR count). The third kappa shape index (κ3) is 7.55. The molecule has 1 nitrogen and oxygen atoms in total. The summed E-state index contributed by atoms with van der Waals surface area (Å²) in [6.45, 7) is 11.3. The second-order valence-electron chi connectivity index (χ2n) is 3.00. The van der Waals surface area contributed by atoms with E-state index in [1.807, 2.05) is 6.08 Å². The number of ether oxygens (including phenoxy) is 1. The molecule has 0 heterocycles. The average Bonchev–Trinajstić information content (AvgIpc) is 2.05. The molecule has 0 fully saturated rings. The summed E-state index contributed by atoms with van der Waals surface area (Å²) in [6.07, 6.45) is 6.40. The number of unbranched alkanes of at least 4 members (excludes halogenated alkanes) is 2. The molecule has 0 aromatic rings. The van der Waals surface area contributed by atoms with Crippen LogP contribution in [-0.4, -0.2) is 13.2 Å². The fourth-order valence-electron chi connectivity index (χ4n) is 0.934. The normalized spacial score (nSPS) is 9.75. The van der Waals surface area contributed by atoms with Crippen molar-refractivity contribution in [2.24, 2.45) is 0 Å². The van der Waals surface area contributed by atoms with Crippen LogP contribution < -0.4 is 0 Å². The Morgan fingerprint density at radius 2 is 2.17 bits per heavy atom. The molecule has 0 aliphatic carbocycles. The summed E-state index contributed by atoms with van der Waals surface area (Å²) in [6, 6.07) is 0. The van der Waals surface area contributed by atoms with E-state index in [1.165, 1.54) is 12.8 Å². The van der Waals surface area contributed by atoms with E-state index >= 15 is 0 Å². The van der Waals surface area contributed by atoms with Crippen LogP contribution in [0.3, 0.4) is 0 Å². The maximum Gasteiger partial charge on any atom is 0.0677 e. The minimum absolute atomic E-state index is 0.690. The molecule has 0 aromatic carbocycles. The Kier molecular flexibility index (Phi) is 8.14. The minimum atomic E-state index is 0.690. The average molecular weight is 168 g/mol. The molecule has 0 aliphatic rings. The Balaban J connectivity index is 3.08. The van der Waals surface area contributed by atoms with Crippen molar-refractivity contribution >= 4 is 0 Å². The highest BCUT2D eigenvalue weighted by Gasteiger charge is 1.91. The molecule has 70 valence electrons. The summed E-state index contributed by atoms with van der Waals surface area (Å²) < 4.78 is 5.40. The van der Waals surface area contributed by atoms with E-state index in [-0.39, 0.29) is 0 Å². The van der Waals surface area contributed by atoms with E-state index < -0.39 is 0 Å². The summed E-state index contributed by atoms with van der Waals surface area (Å²) in [5, 5.41) is 0. The van der Waals surface area contributed by atoms with Gasteiger partial charge in [-0.25, -0.2) is 0 Å². The predicted octanol–water partition coefficient (Wildman–Crippen LogP) is 3.33. The number of hydrogen-bond donors (Lipinski definition) is 0. The van der Waals surface area contributed by atoms with E-state index in [0.717, 1.165) is 25.0 Å². The van der Waals surface area contributed by atoms with Gasteiger partial charge in [0, 0.05) is 6.61 Å². The molecule has 0 radical (unpaired) electrons. The first-order chi connectivity index (χ1) is 5.81. The van der Waals surface area contributed by atoms with Gasteiger partial charge >= 0.3 is 0 Å². The lowest BCUT2D eigenvalue weighted by Crippen LogP contribution is -1.98. The third-order valence-corrected chi connectivity index (χ3v) is 1.63. The Labute approximate surface area is 76.1 Å². The lowest BCUT2D eigenvalue weighted by atomic mass is 10.2. The van der Waals surface area contributed by atoms with Crippen LogP contribution in [0.2, 0.25) is 0 Å². The smallest absolute Gasteiger partial charge is 0.0677 e. The standard InChI is InChI=1S/C11H20O/c1-4-6-7-9-12-10-11(3)8-5-2/h5H,2-4,6-10H2,1H3. The molecular formula is C11H20O. The van der Waals surface area contributed by atoms with Gasteiger partial charge in [0.15, 0.2) is 0 Å². The molecule has 0 amide bonds. The van der Waals surface area contributed by atoms with Crippen LogP contribution in [0.5, 0.6) is 0 Å². The van der Waals surface area contributed by atoms with E-state index in [0.29, 0.717) is 6.61 Å². The summed E-state index contributed by atoms with van der Waals surface area (Å²) in [5.74, 6) is 0. The minimum Gasteiger partial charge on any atom is -0.377 e. The molecule has 0 aliphatic heterocycles. The first-order valence-electron chi connectivity index (χ1n) is 4.66. The second-order valence-corrected chi connectivity index (χ2v) is 3.00. The number of rotatable bonds is 8. The van der Waals surface area contributed by atoms with Gasteiger partial charge < -0.3 is 4.74 Å². The Morgan fingerprint density at radius 3 is 2.75 bits per heavy atom. The van der Waals surface area contributed by atoms with Crippen molar-refractivity contribution in [3.63, 3.8) is 0 Å². The highest BCUT2D eigenvalue weighted by atomic mass is 16.5. The molecule has 0 unspecified atom stereocenters. The van der Waals surface area contributed by atoms with Crippen molar-refractivity contribution in [1.82, 2.24) is 0 Å². The summed E-state index contributed by atoms with van der Waals surface area (Å²) in [5.41, 5.74) is 1.11. The third-order valence-electron chi connectivity index (χ3n) is 1.63. The van der Waals surface area contributed by atoms with Gasteiger partial charge in [0.05, 0.1) is 6.61 Å². The van der Waals surface area contributed by atoms with E-state index in [2.05, 4.69) is 20.1 Å². The molecule has 0 aromatic heterocycles. The van der Waals surface area contributed by atoms with Crippen molar-refractivity contribution in [2.45, 2.75) is 32.6 Å². The van der Waals surface area contributed by atoms with Crippen LogP contribution in [0.25, 0.3) is 0 Å². The zero-order valence-electron chi connectivity index (χ0n) is 8.14. The van der Waals surface area contributed by atoms with Crippen molar-refractivity contribution in [1.29, 1.82) is 0 Å². The fourth-order valence-corrected chi connectivity index (χ4v) is 0.934. The number of hydrogen-bond acceptors (Lipinski definition) is 1. The summed E-state index contributed by atoms with van der Waals surface area (Å²) in [4.78, 5) is 0. The van der Waals surface area contributed by atoms with Crippen molar-refractivity contribution in [2.75, 3.05) is 13.2 Å². The van der Waals surface area contributed by atoms with Crippen LogP contribution >= 0.6 is 0 Å². The van der Waals surface area contributed by atoms with Crippen molar-refractivity contribution < 1.29 is 4.74 Å². The summed E-state index contributed by atoms with van der Waals surface area (Å²) in [7, 11) is 0. The molecule has 0 atom stereocenters. The van der Waals surface area contributed by atoms with E-state index in [4.69, 9.17) is 4.74 Å². The zero-order chi connectivity index (χ0) is 9.23.